The van der Waals surface area contributed by atoms with Gasteiger partial charge in [0.15, 0.2) is 0 Å². The van der Waals surface area contributed by atoms with E-state index in [1.165, 1.54) is 5.56 Å². The first-order valence-corrected chi connectivity index (χ1v) is 6.96. The van der Waals surface area contributed by atoms with Crippen LogP contribution in [0.25, 0.3) is 0 Å². The molecule has 1 saturated heterocycles. The van der Waals surface area contributed by atoms with E-state index in [1.807, 2.05) is 12.3 Å². The molecule has 1 N–H and O–H groups in total. The van der Waals surface area contributed by atoms with E-state index in [1.54, 1.807) is 0 Å². The maximum Gasteiger partial charge on any atom is 0.0800 e. The molecule has 0 bridgehead atoms. The van der Waals surface area contributed by atoms with Crippen molar-refractivity contribution in [2.75, 3.05) is 13.2 Å². The van der Waals surface area contributed by atoms with E-state index in [4.69, 9.17) is 4.74 Å². The summed E-state index contributed by atoms with van der Waals surface area (Å²) in [6.07, 6.45) is 5.88. The van der Waals surface area contributed by atoms with Gasteiger partial charge in [-0.15, -0.1) is 0 Å². The molecule has 3 nitrogen and oxygen atoms in total. The van der Waals surface area contributed by atoms with Gasteiger partial charge in [-0.25, -0.2) is 0 Å². The number of aliphatic hydroxyl groups is 1. The summed E-state index contributed by atoms with van der Waals surface area (Å²) in [4.78, 5) is 4.55. The summed E-state index contributed by atoms with van der Waals surface area (Å²) in [5, 5.41) is 11.1. The molecule has 3 atom stereocenters. The van der Waals surface area contributed by atoms with Gasteiger partial charge in [-0.2, -0.15) is 0 Å². The lowest BCUT2D eigenvalue weighted by atomic mass is 9.68. The summed E-state index contributed by atoms with van der Waals surface area (Å²) in [5.74, 6) is 0.366. The van der Waals surface area contributed by atoms with Gasteiger partial charge in [-0.3, -0.25) is 4.98 Å². The summed E-state index contributed by atoms with van der Waals surface area (Å²) >= 11 is 0. The predicted octanol–water partition coefficient (Wildman–Crippen LogP) is 2.29. The van der Waals surface area contributed by atoms with Gasteiger partial charge in [-0.05, 0) is 30.9 Å². The Kier molecular flexibility index (Phi) is 3.12. The second kappa shape index (κ2) is 4.63. The summed E-state index contributed by atoms with van der Waals surface area (Å²) in [6.45, 7) is 3.42. The average molecular weight is 247 g/mol. The van der Waals surface area contributed by atoms with Crippen LogP contribution in [0.5, 0.6) is 0 Å². The van der Waals surface area contributed by atoms with Crippen LogP contribution >= 0.6 is 0 Å². The SMILES string of the molecule is CC1COCCC1(O)C1CCCc2cccnc21. The van der Waals surface area contributed by atoms with E-state index in [2.05, 4.69) is 18.0 Å². The number of rotatable bonds is 1. The van der Waals surface area contributed by atoms with Gasteiger partial charge in [0.25, 0.3) is 0 Å². The largest absolute Gasteiger partial charge is 0.389 e. The number of hydrogen-bond acceptors (Lipinski definition) is 3. The third-order valence-corrected chi connectivity index (χ3v) is 4.67. The summed E-state index contributed by atoms with van der Waals surface area (Å²) in [5.41, 5.74) is 1.81. The van der Waals surface area contributed by atoms with Gasteiger partial charge >= 0.3 is 0 Å². The van der Waals surface area contributed by atoms with Crippen molar-refractivity contribution in [2.24, 2.45) is 5.92 Å². The molecule has 0 saturated carbocycles. The molecule has 2 aliphatic rings. The Morgan fingerprint density at radius 1 is 1.50 bits per heavy atom. The molecule has 0 aromatic carbocycles. The second-order valence-electron chi connectivity index (χ2n) is 5.71. The monoisotopic (exact) mass is 247 g/mol. The van der Waals surface area contributed by atoms with Gasteiger partial charge in [-0.1, -0.05) is 13.0 Å². The summed E-state index contributed by atoms with van der Waals surface area (Å²) in [7, 11) is 0. The van der Waals surface area contributed by atoms with Crippen LogP contribution in [-0.4, -0.2) is 28.9 Å². The molecule has 1 aromatic rings. The fourth-order valence-electron chi connectivity index (χ4n) is 3.50. The van der Waals surface area contributed by atoms with Gasteiger partial charge in [0.1, 0.15) is 0 Å². The number of pyridine rings is 1. The van der Waals surface area contributed by atoms with Crippen molar-refractivity contribution < 1.29 is 9.84 Å². The fraction of sp³-hybridized carbons (Fsp3) is 0.667. The number of ether oxygens (including phenoxy) is 1. The van der Waals surface area contributed by atoms with Crippen molar-refractivity contribution in [3.05, 3.63) is 29.6 Å². The molecule has 2 heterocycles. The highest BCUT2D eigenvalue weighted by Gasteiger charge is 2.46. The molecule has 3 rings (SSSR count). The third kappa shape index (κ3) is 1.86. The van der Waals surface area contributed by atoms with Crippen molar-refractivity contribution in [2.45, 2.75) is 44.1 Å². The Morgan fingerprint density at radius 3 is 3.22 bits per heavy atom. The van der Waals surface area contributed by atoms with Crippen molar-refractivity contribution >= 4 is 0 Å². The third-order valence-electron chi connectivity index (χ3n) is 4.67. The molecule has 0 spiro atoms. The Labute approximate surface area is 108 Å². The van der Waals surface area contributed by atoms with E-state index < -0.39 is 5.60 Å². The zero-order valence-electron chi connectivity index (χ0n) is 10.9. The Balaban J connectivity index is 1.97. The lowest BCUT2D eigenvalue weighted by Gasteiger charge is -2.45. The maximum atomic E-state index is 11.1. The first-order chi connectivity index (χ1) is 8.72. The highest BCUT2D eigenvalue weighted by Crippen LogP contribution is 2.44. The van der Waals surface area contributed by atoms with Gasteiger partial charge < -0.3 is 9.84 Å². The standard InChI is InChI=1S/C15H21NO2/c1-11-10-18-9-7-15(11,17)13-6-2-4-12-5-3-8-16-14(12)13/h3,5,8,11,13,17H,2,4,6-7,9-10H2,1H3. The van der Waals surface area contributed by atoms with Crippen LogP contribution in [0, 0.1) is 5.92 Å². The minimum atomic E-state index is -0.637. The van der Waals surface area contributed by atoms with E-state index >= 15 is 0 Å². The van der Waals surface area contributed by atoms with E-state index in [0.717, 1.165) is 31.4 Å². The van der Waals surface area contributed by atoms with Crippen LogP contribution in [-0.2, 0) is 11.2 Å². The molecule has 3 unspecified atom stereocenters. The molecule has 18 heavy (non-hydrogen) atoms. The van der Waals surface area contributed by atoms with E-state index in [-0.39, 0.29) is 11.8 Å². The lowest BCUT2D eigenvalue weighted by Crippen LogP contribution is -2.49. The number of hydrogen-bond donors (Lipinski definition) is 1. The molecule has 1 aromatic heterocycles. The Morgan fingerprint density at radius 2 is 2.39 bits per heavy atom. The summed E-state index contributed by atoms with van der Waals surface area (Å²) in [6, 6.07) is 4.15. The molecule has 98 valence electrons. The van der Waals surface area contributed by atoms with Crippen LogP contribution in [0.2, 0.25) is 0 Å². The normalized spacial score (nSPS) is 36.1. The van der Waals surface area contributed by atoms with Crippen LogP contribution in [0.3, 0.4) is 0 Å². The first-order valence-electron chi connectivity index (χ1n) is 6.96. The lowest BCUT2D eigenvalue weighted by molar-refractivity contribution is -0.124. The minimum absolute atomic E-state index is 0.182. The highest BCUT2D eigenvalue weighted by molar-refractivity contribution is 5.29. The second-order valence-corrected chi connectivity index (χ2v) is 5.71. The number of fused-ring (bicyclic) bond motifs is 1. The topological polar surface area (TPSA) is 42.4 Å². The molecule has 3 heteroatoms. The fourth-order valence-corrected chi connectivity index (χ4v) is 3.50. The van der Waals surface area contributed by atoms with Crippen molar-refractivity contribution in [3.8, 4) is 0 Å². The van der Waals surface area contributed by atoms with Gasteiger partial charge in [0.2, 0.25) is 0 Å². The maximum absolute atomic E-state index is 11.1. The Hall–Kier alpha value is -0.930. The molecule has 0 amide bonds. The zero-order valence-corrected chi connectivity index (χ0v) is 10.9. The number of nitrogens with zero attached hydrogens (tertiary/aromatic N) is 1. The van der Waals surface area contributed by atoms with Crippen molar-refractivity contribution in [1.29, 1.82) is 0 Å². The van der Waals surface area contributed by atoms with E-state index in [0.29, 0.717) is 13.2 Å². The molecular weight excluding hydrogens is 226 g/mol. The molecule has 1 aliphatic heterocycles. The minimum Gasteiger partial charge on any atom is -0.389 e. The number of aryl methyl sites for hydroxylation is 1. The smallest absolute Gasteiger partial charge is 0.0800 e. The van der Waals surface area contributed by atoms with Crippen LogP contribution in [0.15, 0.2) is 18.3 Å². The van der Waals surface area contributed by atoms with E-state index in [9.17, 15) is 5.11 Å². The van der Waals surface area contributed by atoms with Crippen LogP contribution < -0.4 is 0 Å². The Bertz CT molecular complexity index is 434. The number of aromatic nitrogens is 1. The first kappa shape index (κ1) is 12.1. The highest BCUT2D eigenvalue weighted by atomic mass is 16.5. The molecule has 1 fully saturated rings. The molecular formula is C15H21NO2. The van der Waals surface area contributed by atoms with Gasteiger partial charge in [0, 0.05) is 36.8 Å². The average Bonchev–Trinajstić information content (AvgIpc) is 2.41. The molecule has 1 aliphatic carbocycles. The van der Waals surface area contributed by atoms with Crippen molar-refractivity contribution in [3.63, 3.8) is 0 Å². The van der Waals surface area contributed by atoms with Crippen LogP contribution in [0.4, 0.5) is 0 Å². The van der Waals surface area contributed by atoms with Crippen LogP contribution in [0.1, 0.15) is 43.4 Å². The van der Waals surface area contributed by atoms with Gasteiger partial charge in [0.05, 0.1) is 12.2 Å². The molecule has 0 radical (unpaired) electrons. The predicted molar refractivity (Wildman–Crippen MR) is 69.5 cm³/mol. The summed E-state index contributed by atoms with van der Waals surface area (Å²) < 4.78 is 5.48. The zero-order chi connectivity index (χ0) is 12.6. The quantitative estimate of drug-likeness (QED) is 0.828. The van der Waals surface area contributed by atoms with Crippen molar-refractivity contribution in [1.82, 2.24) is 4.98 Å².